The predicted molar refractivity (Wildman–Crippen MR) is 100 cm³/mol. The molecule has 8 heteroatoms. The zero-order valence-electron chi connectivity index (χ0n) is 15.3. The van der Waals surface area contributed by atoms with Crippen LogP contribution in [0.15, 0.2) is 48.5 Å². The average molecular weight is 384 g/mol. The van der Waals surface area contributed by atoms with Crippen LogP contribution in [0.3, 0.4) is 0 Å². The van der Waals surface area contributed by atoms with Gasteiger partial charge in [-0.25, -0.2) is 0 Å². The number of carboxylic acid groups (broad SMARTS) is 1. The molecule has 8 nitrogen and oxygen atoms in total. The van der Waals surface area contributed by atoms with E-state index in [0.717, 1.165) is 5.56 Å². The van der Waals surface area contributed by atoms with E-state index in [2.05, 4.69) is 0 Å². The van der Waals surface area contributed by atoms with E-state index in [-0.39, 0.29) is 30.3 Å². The number of carboxylic acids is 1. The molecular weight excluding hydrogens is 364 g/mol. The van der Waals surface area contributed by atoms with Crippen LogP contribution < -0.4 is 4.74 Å². The summed E-state index contributed by atoms with van der Waals surface area (Å²) in [7, 11) is 0. The standard InChI is InChI=1S/C20H20N2O6/c1-2-28-14-8-9-18(22(26)27)15(10-14)19(23)21-11-16(17(12-21)20(24)25)13-6-4-3-5-7-13/h3-10,16-17H,2,11-12H2,1H3,(H,24,25)/t16-,17-/m0/s1. The number of nitro benzene ring substituents is 1. The van der Waals surface area contributed by atoms with E-state index < -0.39 is 22.7 Å². The molecule has 1 heterocycles. The van der Waals surface area contributed by atoms with Crippen LogP contribution in [0, 0.1) is 16.0 Å². The molecule has 0 radical (unpaired) electrons. The molecule has 1 saturated heterocycles. The van der Waals surface area contributed by atoms with Crippen molar-refractivity contribution in [2.75, 3.05) is 19.7 Å². The quantitative estimate of drug-likeness (QED) is 0.606. The monoisotopic (exact) mass is 384 g/mol. The van der Waals surface area contributed by atoms with Crippen LogP contribution in [0.5, 0.6) is 5.75 Å². The highest BCUT2D eigenvalue weighted by atomic mass is 16.6. The van der Waals surface area contributed by atoms with Crippen LogP contribution in [0.4, 0.5) is 5.69 Å². The summed E-state index contributed by atoms with van der Waals surface area (Å²) >= 11 is 0. The van der Waals surface area contributed by atoms with Gasteiger partial charge in [0.2, 0.25) is 0 Å². The SMILES string of the molecule is CCOc1ccc([N+](=O)[O-])c(C(=O)N2C[C@H](C(=O)O)[C@H](c3ccccc3)C2)c1. The number of hydrogen-bond donors (Lipinski definition) is 1. The van der Waals surface area contributed by atoms with Gasteiger partial charge < -0.3 is 14.7 Å². The number of ether oxygens (including phenoxy) is 1. The molecule has 3 rings (SSSR count). The van der Waals surface area contributed by atoms with Gasteiger partial charge in [0.1, 0.15) is 11.3 Å². The van der Waals surface area contributed by atoms with E-state index in [1.165, 1.54) is 23.1 Å². The first kappa shape index (κ1) is 19.3. The minimum atomic E-state index is -0.998. The molecule has 2 aromatic rings. The average Bonchev–Trinajstić information content (AvgIpc) is 3.14. The second-order valence-electron chi connectivity index (χ2n) is 6.54. The molecule has 2 aromatic carbocycles. The molecule has 0 unspecified atom stereocenters. The summed E-state index contributed by atoms with van der Waals surface area (Å²) in [5, 5.41) is 21.0. The summed E-state index contributed by atoms with van der Waals surface area (Å²) in [5.41, 5.74) is 0.389. The Bertz CT molecular complexity index is 899. The molecule has 0 aromatic heterocycles. The van der Waals surface area contributed by atoms with Crippen molar-refractivity contribution in [3.8, 4) is 5.75 Å². The second kappa shape index (κ2) is 8.08. The number of aliphatic carboxylic acids is 1. The third-order valence-electron chi connectivity index (χ3n) is 4.86. The summed E-state index contributed by atoms with van der Waals surface area (Å²) in [6.45, 7) is 2.29. The molecule has 0 saturated carbocycles. The highest BCUT2D eigenvalue weighted by Gasteiger charge is 2.41. The minimum absolute atomic E-state index is 0.0102. The summed E-state index contributed by atoms with van der Waals surface area (Å²) in [6, 6.07) is 13.1. The maximum absolute atomic E-state index is 13.0. The number of carbonyl (C=O) groups excluding carboxylic acids is 1. The van der Waals surface area contributed by atoms with Gasteiger partial charge in [-0.2, -0.15) is 0 Å². The van der Waals surface area contributed by atoms with E-state index in [1.54, 1.807) is 6.92 Å². The van der Waals surface area contributed by atoms with Crippen molar-refractivity contribution >= 4 is 17.6 Å². The Kier molecular flexibility index (Phi) is 5.58. The Hall–Kier alpha value is -3.42. The maximum atomic E-state index is 13.0. The van der Waals surface area contributed by atoms with E-state index in [9.17, 15) is 24.8 Å². The lowest BCUT2D eigenvalue weighted by atomic mass is 9.89. The lowest BCUT2D eigenvalue weighted by molar-refractivity contribution is -0.385. The van der Waals surface area contributed by atoms with Crippen LogP contribution in [0.1, 0.15) is 28.8 Å². The van der Waals surface area contributed by atoms with E-state index in [0.29, 0.717) is 12.4 Å². The van der Waals surface area contributed by atoms with Crippen molar-refractivity contribution in [3.05, 3.63) is 69.8 Å². The van der Waals surface area contributed by atoms with Crippen molar-refractivity contribution in [1.29, 1.82) is 0 Å². The molecule has 0 aliphatic carbocycles. The molecule has 1 N–H and O–H groups in total. The predicted octanol–water partition coefficient (Wildman–Crippen LogP) is 2.93. The van der Waals surface area contributed by atoms with Crippen molar-refractivity contribution in [2.45, 2.75) is 12.8 Å². The number of nitro groups is 1. The lowest BCUT2D eigenvalue weighted by Crippen LogP contribution is -2.30. The van der Waals surface area contributed by atoms with Crippen molar-refractivity contribution in [1.82, 2.24) is 4.90 Å². The van der Waals surface area contributed by atoms with Gasteiger partial charge in [-0.15, -0.1) is 0 Å². The third-order valence-corrected chi connectivity index (χ3v) is 4.86. The number of likely N-dealkylation sites (tertiary alicyclic amines) is 1. The van der Waals surface area contributed by atoms with Crippen molar-refractivity contribution in [3.63, 3.8) is 0 Å². The van der Waals surface area contributed by atoms with Gasteiger partial charge in [-0.1, -0.05) is 30.3 Å². The van der Waals surface area contributed by atoms with Crippen molar-refractivity contribution in [2.24, 2.45) is 5.92 Å². The first-order valence-corrected chi connectivity index (χ1v) is 8.90. The second-order valence-corrected chi connectivity index (χ2v) is 6.54. The summed E-state index contributed by atoms with van der Waals surface area (Å²) in [6.07, 6.45) is 0. The van der Waals surface area contributed by atoms with Crippen molar-refractivity contribution < 1.29 is 24.4 Å². The smallest absolute Gasteiger partial charge is 0.308 e. The van der Waals surface area contributed by atoms with E-state index in [4.69, 9.17) is 4.74 Å². The molecule has 1 amide bonds. The topological polar surface area (TPSA) is 110 Å². The number of nitrogens with zero attached hydrogens (tertiary/aromatic N) is 2. The Morgan fingerprint density at radius 1 is 1.21 bits per heavy atom. The molecular formula is C20H20N2O6. The van der Waals surface area contributed by atoms with Gasteiger partial charge in [0.05, 0.1) is 17.4 Å². The zero-order chi connectivity index (χ0) is 20.3. The first-order valence-electron chi connectivity index (χ1n) is 8.90. The van der Waals surface area contributed by atoms with Gasteiger partial charge >= 0.3 is 5.97 Å². The summed E-state index contributed by atoms with van der Waals surface area (Å²) in [4.78, 5) is 36.9. The molecule has 1 fully saturated rings. The molecule has 1 aliphatic rings. The minimum Gasteiger partial charge on any atom is -0.494 e. The van der Waals surface area contributed by atoms with Gasteiger partial charge in [-0.05, 0) is 24.6 Å². The Balaban J connectivity index is 1.93. The first-order chi connectivity index (χ1) is 13.4. The highest BCUT2D eigenvalue weighted by molar-refractivity contribution is 5.99. The number of benzene rings is 2. The van der Waals surface area contributed by atoms with Gasteiger partial charge in [0.15, 0.2) is 0 Å². The number of carbonyl (C=O) groups is 2. The normalized spacial score (nSPS) is 18.7. The number of rotatable bonds is 6. The van der Waals surface area contributed by atoms with Crippen LogP contribution >= 0.6 is 0 Å². The van der Waals surface area contributed by atoms with Crippen LogP contribution in [-0.2, 0) is 4.79 Å². The fraction of sp³-hybridized carbons (Fsp3) is 0.300. The highest BCUT2D eigenvalue weighted by Crippen LogP contribution is 2.35. The molecule has 28 heavy (non-hydrogen) atoms. The molecule has 2 atom stereocenters. The lowest BCUT2D eigenvalue weighted by Gasteiger charge is -2.17. The molecule has 0 bridgehead atoms. The number of hydrogen-bond acceptors (Lipinski definition) is 5. The summed E-state index contributed by atoms with van der Waals surface area (Å²) in [5.74, 6) is -2.37. The maximum Gasteiger partial charge on any atom is 0.308 e. The van der Waals surface area contributed by atoms with E-state index in [1.807, 2.05) is 30.3 Å². The van der Waals surface area contributed by atoms with Gasteiger partial charge in [-0.3, -0.25) is 19.7 Å². The van der Waals surface area contributed by atoms with Gasteiger partial charge in [0, 0.05) is 25.1 Å². The largest absolute Gasteiger partial charge is 0.494 e. The Morgan fingerprint density at radius 2 is 1.93 bits per heavy atom. The molecule has 146 valence electrons. The molecule has 1 aliphatic heterocycles. The summed E-state index contributed by atoms with van der Waals surface area (Å²) < 4.78 is 5.36. The van der Waals surface area contributed by atoms with Crippen LogP contribution in [0.25, 0.3) is 0 Å². The third kappa shape index (κ3) is 3.80. The fourth-order valence-electron chi connectivity index (χ4n) is 3.53. The van der Waals surface area contributed by atoms with Crippen LogP contribution in [0.2, 0.25) is 0 Å². The fourth-order valence-corrected chi connectivity index (χ4v) is 3.53. The van der Waals surface area contributed by atoms with Gasteiger partial charge in [0.25, 0.3) is 11.6 Å². The Morgan fingerprint density at radius 3 is 2.54 bits per heavy atom. The van der Waals surface area contributed by atoms with Crippen LogP contribution in [-0.4, -0.2) is 46.5 Å². The number of amides is 1. The Labute approximate surface area is 161 Å². The zero-order valence-corrected chi connectivity index (χ0v) is 15.3. The molecule has 0 spiro atoms. The van der Waals surface area contributed by atoms with E-state index >= 15 is 0 Å².